The van der Waals surface area contributed by atoms with Gasteiger partial charge in [0.1, 0.15) is 5.75 Å². The maximum absolute atomic E-state index is 12.1. The Morgan fingerprint density at radius 1 is 1.12 bits per heavy atom. The van der Waals surface area contributed by atoms with Gasteiger partial charge in [0.05, 0.1) is 17.9 Å². The molecular formula is C17H17F2N3O3. The Bertz CT molecular complexity index is 751. The zero-order valence-electron chi connectivity index (χ0n) is 13.6. The van der Waals surface area contributed by atoms with Crippen molar-refractivity contribution >= 4 is 17.5 Å². The summed E-state index contributed by atoms with van der Waals surface area (Å²) >= 11 is 0. The Morgan fingerprint density at radius 3 is 2.40 bits per heavy atom. The van der Waals surface area contributed by atoms with Crippen molar-refractivity contribution in [3.8, 4) is 5.75 Å². The highest BCUT2D eigenvalue weighted by Gasteiger charge is 2.18. The summed E-state index contributed by atoms with van der Waals surface area (Å²) in [6.07, 6.45) is 3.03. The van der Waals surface area contributed by atoms with Crippen molar-refractivity contribution in [1.82, 2.24) is 10.3 Å². The van der Waals surface area contributed by atoms with Crippen LogP contribution in [0.25, 0.3) is 0 Å². The second kappa shape index (κ2) is 8.18. The van der Waals surface area contributed by atoms with Crippen molar-refractivity contribution < 1.29 is 23.1 Å². The summed E-state index contributed by atoms with van der Waals surface area (Å²) in [5.41, 5.74) is 1.86. The molecule has 2 N–H and O–H groups in total. The monoisotopic (exact) mass is 349 g/mol. The number of ether oxygens (including phenoxy) is 1. The van der Waals surface area contributed by atoms with Crippen molar-refractivity contribution in [1.29, 1.82) is 0 Å². The van der Waals surface area contributed by atoms with Crippen LogP contribution in [0.3, 0.4) is 0 Å². The molecule has 1 aromatic heterocycles. The lowest BCUT2D eigenvalue weighted by Gasteiger charge is -2.15. The van der Waals surface area contributed by atoms with E-state index in [9.17, 15) is 18.4 Å². The first-order chi connectivity index (χ1) is 11.9. The number of pyridine rings is 1. The number of benzene rings is 1. The highest BCUT2D eigenvalue weighted by Crippen LogP contribution is 2.19. The Labute approximate surface area is 143 Å². The van der Waals surface area contributed by atoms with E-state index < -0.39 is 24.5 Å². The van der Waals surface area contributed by atoms with E-state index in [4.69, 9.17) is 0 Å². The lowest BCUT2D eigenvalue weighted by molar-refractivity contribution is -0.136. The summed E-state index contributed by atoms with van der Waals surface area (Å²) in [6, 6.07) is 7.01. The molecule has 1 aromatic carbocycles. The number of rotatable bonds is 5. The van der Waals surface area contributed by atoms with Gasteiger partial charge in [-0.2, -0.15) is 8.78 Å². The van der Waals surface area contributed by atoms with Crippen LogP contribution in [-0.2, 0) is 9.59 Å². The van der Waals surface area contributed by atoms with Crippen LogP contribution in [0, 0.1) is 6.92 Å². The summed E-state index contributed by atoms with van der Waals surface area (Å²) < 4.78 is 28.5. The van der Waals surface area contributed by atoms with Crippen LogP contribution in [0.2, 0.25) is 0 Å². The largest absolute Gasteiger partial charge is 0.435 e. The molecule has 0 aliphatic carbocycles. The number of nitrogens with one attached hydrogen (secondary N) is 2. The van der Waals surface area contributed by atoms with Gasteiger partial charge in [0, 0.05) is 6.20 Å². The van der Waals surface area contributed by atoms with E-state index in [1.807, 2.05) is 0 Å². The van der Waals surface area contributed by atoms with Crippen LogP contribution in [-0.4, -0.2) is 23.4 Å². The number of nitrogens with zero attached hydrogens (tertiary/aromatic N) is 1. The predicted octanol–water partition coefficient (Wildman–Crippen LogP) is 2.81. The van der Waals surface area contributed by atoms with Gasteiger partial charge >= 0.3 is 18.4 Å². The molecule has 2 amide bonds. The quantitative estimate of drug-likeness (QED) is 0.814. The number of aryl methyl sites for hydroxylation is 1. The number of hydrogen-bond acceptors (Lipinski definition) is 4. The van der Waals surface area contributed by atoms with Crippen molar-refractivity contribution in [2.24, 2.45) is 0 Å². The molecule has 25 heavy (non-hydrogen) atoms. The maximum Gasteiger partial charge on any atom is 0.387 e. The van der Waals surface area contributed by atoms with Gasteiger partial charge in [-0.15, -0.1) is 0 Å². The van der Waals surface area contributed by atoms with Gasteiger partial charge in [0.2, 0.25) is 0 Å². The minimum absolute atomic E-state index is 0.0158. The fourth-order valence-corrected chi connectivity index (χ4v) is 2.06. The molecule has 1 heterocycles. The van der Waals surface area contributed by atoms with Crippen LogP contribution in [0.1, 0.15) is 24.1 Å². The lowest BCUT2D eigenvalue weighted by atomic mass is 10.1. The van der Waals surface area contributed by atoms with Crippen LogP contribution in [0.4, 0.5) is 14.5 Å². The Balaban J connectivity index is 1.95. The minimum atomic E-state index is -2.90. The van der Waals surface area contributed by atoms with E-state index in [-0.39, 0.29) is 5.75 Å². The molecule has 1 atom stereocenters. The zero-order chi connectivity index (χ0) is 18.4. The summed E-state index contributed by atoms with van der Waals surface area (Å²) in [7, 11) is 0. The van der Waals surface area contributed by atoms with E-state index in [0.29, 0.717) is 11.3 Å². The first-order valence-electron chi connectivity index (χ1n) is 7.44. The standard InChI is InChI=1S/C17H17F2N3O3/c1-10-7-8-20-9-14(10)22-16(24)15(23)21-11(2)12-3-5-13(6-4-12)25-17(18)19/h3-9,11,17H,1-2H3,(H,21,23)(H,22,24)/t11-/m0/s1. The van der Waals surface area contributed by atoms with Crippen LogP contribution in [0.5, 0.6) is 5.75 Å². The highest BCUT2D eigenvalue weighted by atomic mass is 19.3. The van der Waals surface area contributed by atoms with Crippen molar-refractivity contribution in [3.05, 3.63) is 53.9 Å². The van der Waals surface area contributed by atoms with Gasteiger partial charge in [0.25, 0.3) is 0 Å². The molecule has 2 aromatic rings. The van der Waals surface area contributed by atoms with E-state index in [1.165, 1.54) is 30.5 Å². The van der Waals surface area contributed by atoms with E-state index >= 15 is 0 Å². The SMILES string of the molecule is Cc1ccncc1NC(=O)C(=O)N[C@@H](C)c1ccc(OC(F)F)cc1. The Morgan fingerprint density at radius 2 is 1.80 bits per heavy atom. The Hall–Kier alpha value is -3.03. The maximum atomic E-state index is 12.1. The third-order valence-corrected chi connectivity index (χ3v) is 3.45. The zero-order valence-corrected chi connectivity index (χ0v) is 13.6. The van der Waals surface area contributed by atoms with Gasteiger partial charge < -0.3 is 15.4 Å². The predicted molar refractivity (Wildman–Crippen MR) is 87.2 cm³/mol. The molecule has 0 spiro atoms. The van der Waals surface area contributed by atoms with Gasteiger partial charge in [0.15, 0.2) is 0 Å². The second-order valence-electron chi connectivity index (χ2n) is 5.29. The van der Waals surface area contributed by atoms with Crippen LogP contribution < -0.4 is 15.4 Å². The summed E-state index contributed by atoms with van der Waals surface area (Å²) in [4.78, 5) is 27.8. The number of hydrogen-bond donors (Lipinski definition) is 2. The molecular weight excluding hydrogens is 332 g/mol. The second-order valence-corrected chi connectivity index (χ2v) is 5.29. The third kappa shape index (κ3) is 5.23. The van der Waals surface area contributed by atoms with Crippen molar-refractivity contribution in [3.63, 3.8) is 0 Å². The average Bonchev–Trinajstić information content (AvgIpc) is 2.56. The fraction of sp³-hybridized carbons (Fsp3) is 0.235. The molecule has 0 aliphatic rings. The first-order valence-corrected chi connectivity index (χ1v) is 7.44. The highest BCUT2D eigenvalue weighted by molar-refractivity contribution is 6.39. The van der Waals surface area contributed by atoms with E-state index in [0.717, 1.165) is 5.56 Å². The number of anilines is 1. The minimum Gasteiger partial charge on any atom is -0.435 e. The number of alkyl halides is 2. The number of amides is 2. The first kappa shape index (κ1) is 18.3. The average molecular weight is 349 g/mol. The molecule has 0 saturated carbocycles. The smallest absolute Gasteiger partial charge is 0.387 e. The number of carbonyl (C=O) groups excluding carboxylic acids is 2. The van der Waals surface area contributed by atoms with E-state index in [1.54, 1.807) is 26.1 Å². The van der Waals surface area contributed by atoms with Gasteiger partial charge in [-0.05, 0) is 43.2 Å². The van der Waals surface area contributed by atoms with Crippen LogP contribution in [0.15, 0.2) is 42.7 Å². The van der Waals surface area contributed by atoms with Gasteiger partial charge in [-0.3, -0.25) is 14.6 Å². The molecule has 0 saturated heterocycles. The van der Waals surface area contributed by atoms with Crippen LogP contribution >= 0.6 is 0 Å². The Kier molecular flexibility index (Phi) is 5.99. The molecule has 0 aliphatic heterocycles. The molecule has 132 valence electrons. The van der Waals surface area contributed by atoms with Crippen molar-refractivity contribution in [2.75, 3.05) is 5.32 Å². The summed E-state index contributed by atoms with van der Waals surface area (Å²) in [5, 5.41) is 5.02. The molecule has 0 radical (unpaired) electrons. The molecule has 8 heteroatoms. The van der Waals surface area contributed by atoms with Gasteiger partial charge in [-0.1, -0.05) is 12.1 Å². The lowest BCUT2D eigenvalue weighted by Crippen LogP contribution is -2.37. The summed E-state index contributed by atoms with van der Waals surface area (Å²) in [5.74, 6) is -1.62. The number of halogens is 2. The summed E-state index contributed by atoms with van der Waals surface area (Å²) in [6.45, 7) is 0.548. The number of carbonyl (C=O) groups is 2. The van der Waals surface area contributed by atoms with Gasteiger partial charge in [-0.25, -0.2) is 0 Å². The topological polar surface area (TPSA) is 80.3 Å². The molecule has 0 fully saturated rings. The van der Waals surface area contributed by atoms with Crippen molar-refractivity contribution in [2.45, 2.75) is 26.5 Å². The molecule has 6 nitrogen and oxygen atoms in total. The molecule has 0 unspecified atom stereocenters. The molecule has 2 rings (SSSR count). The number of aromatic nitrogens is 1. The third-order valence-electron chi connectivity index (χ3n) is 3.45. The fourth-order valence-electron chi connectivity index (χ4n) is 2.06. The molecule has 0 bridgehead atoms. The normalized spacial score (nSPS) is 11.7. The van der Waals surface area contributed by atoms with E-state index in [2.05, 4.69) is 20.4 Å².